The molecule has 0 aliphatic heterocycles. The van der Waals surface area contributed by atoms with Gasteiger partial charge in [-0.05, 0) is 20.8 Å². The number of nitrogens with zero attached hydrogens (tertiary/aromatic N) is 2. The number of hydrogen-bond acceptors (Lipinski definition) is 7. The molecule has 1 rings (SSSR count). The minimum absolute atomic E-state index is 0.120. The maximum absolute atomic E-state index is 11.8. The molecule has 1 aromatic heterocycles. The van der Waals surface area contributed by atoms with Gasteiger partial charge >= 0.3 is 0 Å². The van der Waals surface area contributed by atoms with E-state index in [0.717, 1.165) is 11.3 Å². The van der Waals surface area contributed by atoms with Crippen molar-refractivity contribution in [3.63, 3.8) is 0 Å². The molecule has 17 heavy (non-hydrogen) atoms. The van der Waals surface area contributed by atoms with Gasteiger partial charge in [-0.3, -0.25) is 0 Å². The van der Waals surface area contributed by atoms with Crippen molar-refractivity contribution in [3.8, 4) is 0 Å². The topological polar surface area (TPSA) is 107 Å². The Morgan fingerprint density at radius 2 is 2.12 bits per heavy atom. The van der Waals surface area contributed by atoms with Crippen molar-refractivity contribution in [1.29, 1.82) is 0 Å². The zero-order valence-corrected chi connectivity index (χ0v) is 11.6. The Kier molecular flexibility index (Phi) is 4.42. The van der Waals surface area contributed by atoms with Gasteiger partial charge in [-0.2, -0.15) is 0 Å². The SMILES string of the molecule is CCOC(C)(C)CNS(=O)(=O)c1nnc(N)s1. The van der Waals surface area contributed by atoms with Crippen molar-refractivity contribution in [2.45, 2.75) is 30.7 Å². The van der Waals surface area contributed by atoms with E-state index in [4.69, 9.17) is 10.5 Å². The molecular weight excluding hydrogens is 264 g/mol. The molecule has 0 saturated carbocycles. The Labute approximate surface area is 104 Å². The number of anilines is 1. The number of hydrogen-bond donors (Lipinski definition) is 2. The lowest BCUT2D eigenvalue weighted by Crippen LogP contribution is -2.40. The first-order valence-electron chi connectivity index (χ1n) is 4.99. The molecule has 98 valence electrons. The van der Waals surface area contributed by atoms with Gasteiger partial charge < -0.3 is 10.5 Å². The number of nitrogens with two attached hydrogens (primary N) is 1. The number of sulfonamides is 1. The molecular formula is C8H16N4O3S2. The first-order chi connectivity index (χ1) is 7.77. The summed E-state index contributed by atoms with van der Waals surface area (Å²) in [6.45, 7) is 6.12. The third-order valence-electron chi connectivity index (χ3n) is 1.87. The Morgan fingerprint density at radius 1 is 1.47 bits per heavy atom. The van der Waals surface area contributed by atoms with Crippen molar-refractivity contribution >= 4 is 26.5 Å². The van der Waals surface area contributed by atoms with Crippen LogP contribution in [0.25, 0.3) is 0 Å². The third-order valence-corrected chi connectivity index (χ3v) is 4.40. The molecule has 0 saturated heterocycles. The molecule has 0 radical (unpaired) electrons. The van der Waals surface area contributed by atoms with Crippen molar-refractivity contribution in [2.75, 3.05) is 18.9 Å². The van der Waals surface area contributed by atoms with Gasteiger partial charge in [-0.1, -0.05) is 11.3 Å². The largest absolute Gasteiger partial charge is 0.375 e. The predicted molar refractivity (Wildman–Crippen MR) is 65.2 cm³/mol. The lowest BCUT2D eigenvalue weighted by atomic mass is 10.1. The fraction of sp³-hybridized carbons (Fsp3) is 0.750. The van der Waals surface area contributed by atoms with Gasteiger partial charge in [0.15, 0.2) is 0 Å². The molecule has 0 atom stereocenters. The Balaban J connectivity index is 2.69. The summed E-state index contributed by atoms with van der Waals surface area (Å²) in [6, 6.07) is 0. The van der Waals surface area contributed by atoms with Gasteiger partial charge in [0.05, 0.1) is 5.60 Å². The van der Waals surface area contributed by atoms with E-state index in [2.05, 4.69) is 14.9 Å². The second-order valence-electron chi connectivity index (χ2n) is 3.92. The van der Waals surface area contributed by atoms with E-state index in [9.17, 15) is 8.42 Å². The van der Waals surface area contributed by atoms with Gasteiger partial charge in [0.1, 0.15) is 0 Å². The lowest BCUT2D eigenvalue weighted by Gasteiger charge is -2.24. The van der Waals surface area contributed by atoms with Gasteiger partial charge in [0.2, 0.25) is 9.47 Å². The lowest BCUT2D eigenvalue weighted by molar-refractivity contribution is -0.00515. The first-order valence-corrected chi connectivity index (χ1v) is 7.29. The van der Waals surface area contributed by atoms with Crippen LogP contribution in [0.1, 0.15) is 20.8 Å². The zero-order valence-electron chi connectivity index (χ0n) is 9.93. The van der Waals surface area contributed by atoms with Crippen molar-refractivity contribution in [3.05, 3.63) is 0 Å². The number of ether oxygens (including phenoxy) is 1. The van der Waals surface area contributed by atoms with Crippen LogP contribution in [-0.2, 0) is 14.8 Å². The smallest absolute Gasteiger partial charge is 0.269 e. The molecule has 0 aliphatic carbocycles. The van der Waals surface area contributed by atoms with Crippen molar-refractivity contribution in [2.24, 2.45) is 0 Å². The normalized spacial score (nSPS) is 12.9. The molecule has 0 fully saturated rings. The van der Waals surface area contributed by atoms with Crippen LogP contribution in [0.5, 0.6) is 0 Å². The van der Waals surface area contributed by atoms with Crippen LogP contribution >= 0.6 is 11.3 Å². The highest BCUT2D eigenvalue weighted by atomic mass is 32.2. The fourth-order valence-electron chi connectivity index (χ4n) is 1.10. The molecule has 0 bridgehead atoms. The van der Waals surface area contributed by atoms with Gasteiger partial charge in [-0.15, -0.1) is 10.2 Å². The molecule has 0 unspecified atom stereocenters. The quantitative estimate of drug-likeness (QED) is 0.771. The van der Waals surface area contributed by atoms with Crippen LogP contribution in [-0.4, -0.2) is 37.4 Å². The minimum Gasteiger partial charge on any atom is -0.375 e. The summed E-state index contributed by atoms with van der Waals surface area (Å²) in [4.78, 5) is 0. The van der Waals surface area contributed by atoms with Crippen LogP contribution in [0.4, 0.5) is 5.13 Å². The van der Waals surface area contributed by atoms with E-state index in [1.54, 1.807) is 13.8 Å². The number of nitrogen functional groups attached to an aromatic ring is 1. The van der Waals surface area contributed by atoms with Crippen LogP contribution in [0.2, 0.25) is 0 Å². The summed E-state index contributed by atoms with van der Waals surface area (Å²) in [7, 11) is -3.66. The van der Waals surface area contributed by atoms with Crippen molar-refractivity contribution in [1.82, 2.24) is 14.9 Å². The monoisotopic (exact) mass is 280 g/mol. The van der Waals surface area contributed by atoms with E-state index >= 15 is 0 Å². The molecule has 9 heteroatoms. The van der Waals surface area contributed by atoms with Gasteiger partial charge in [-0.25, -0.2) is 13.1 Å². The van der Waals surface area contributed by atoms with E-state index in [-0.39, 0.29) is 16.0 Å². The van der Waals surface area contributed by atoms with Crippen LogP contribution in [0.3, 0.4) is 0 Å². The average Bonchev–Trinajstić information content (AvgIpc) is 2.63. The summed E-state index contributed by atoms with van der Waals surface area (Å²) >= 11 is 0.823. The van der Waals surface area contributed by atoms with Gasteiger partial charge in [0, 0.05) is 13.2 Å². The highest BCUT2D eigenvalue weighted by molar-refractivity contribution is 7.91. The Morgan fingerprint density at radius 3 is 2.59 bits per heavy atom. The summed E-state index contributed by atoms with van der Waals surface area (Å²) in [5.41, 5.74) is 4.76. The molecule has 1 aromatic rings. The summed E-state index contributed by atoms with van der Waals surface area (Å²) in [6.07, 6.45) is 0. The highest BCUT2D eigenvalue weighted by Crippen LogP contribution is 2.17. The van der Waals surface area contributed by atoms with E-state index in [0.29, 0.717) is 6.61 Å². The number of aromatic nitrogens is 2. The van der Waals surface area contributed by atoms with Crippen LogP contribution in [0, 0.1) is 0 Å². The standard InChI is InChI=1S/C8H16N4O3S2/c1-4-15-8(2,3)5-10-17(13,14)7-12-11-6(9)16-7/h10H,4-5H2,1-3H3,(H2,9,11). The second-order valence-corrected chi connectivity index (χ2v) is 6.87. The molecule has 0 aromatic carbocycles. The predicted octanol–water partition coefficient (Wildman–Crippen LogP) is 0.214. The summed E-state index contributed by atoms with van der Waals surface area (Å²) in [5.74, 6) is 0. The van der Waals surface area contributed by atoms with E-state index < -0.39 is 15.6 Å². The van der Waals surface area contributed by atoms with E-state index in [1.807, 2.05) is 6.92 Å². The molecule has 0 spiro atoms. The Bertz CT molecular complexity index is 469. The van der Waals surface area contributed by atoms with E-state index in [1.165, 1.54) is 0 Å². The molecule has 7 nitrogen and oxygen atoms in total. The Hall–Kier alpha value is -0.770. The summed E-state index contributed by atoms with van der Waals surface area (Å²) in [5, 5.41) is 7.07. The number of rotatable bonds is 6. The second kappa shape index (κ2) is 5.25. The first kappa shape index (κ1) is 14.3. The summed E-state index contributed by atoms with van der Waals surface area (Å²) < 4.78 is 31.2. The van der Waals surface area contributed by atoms with Gasteiger partial charge in [0.25, 0.3) is 10.0 Å². The maximum Gasteiger partial charge on any atom is 0.269 e. The molecule has 0 aliphatic rings. The third kappa shape index (κ3) is 4.19. The van der Waals surface area contributed by atoms with Crippen LogP contribution in [0.15, 0.2) is 4.34 Å². The number of nitrogens with one attached hydrogen (secondary N) is 1. The maximum atomic E-state index is 11.8. The van der Waals surface area contributed by atoms with Crippen molar-refractivity contribution < 1.29 is 13.2 Å². The molecule has 1 heterocycles. The molecule has 0 amide bonds. The highest BCUT2D eigenvalue weighted by Gasteiger charge is 2.24. The fourth-order valence-corrected chi connectivity index (χ4v) is 3.12. The molecule has 3 N–H and O–H groups in total. The zero-order chi connectivity index (χ0) is 13.1. The average molecular weight is 280 g/mol. The van der Waals surface area contributed by atoms with Crippen LogP contribution < -0.4 is 10.5 Å². The minimum atomic E-state index is -3.66.